The fourth-order valence-corrected chi connectivity index (χ4v) is 2.61. The summed E-state index contributed by atoms with van der Waals surface area (Å²) in [5.74, 6) is 0.912. The van der Waals surface area contributed by atoms with Crippen molar-refractivity contribution in [2.24, 2.45) is 0 Å². The largest absolute Gasteiger partial charge is 0.494 e. The third kappa shape index (κ3) is 7.69. The third-order valence-electron chi connectivity index (χ3n) is 3.76. The van der Waals surface area contributed by atoms with Gasteiger partial charge in [-0.3, -0.25) is 0 Å². The lowest BCUT2D eigenvalue weighted by atomic mass is 10.0. The molecule has 0 heterocycles. The predicted molar refractivity (Wildman–Crippen MR) is 94.7 cm³/mol. The van der Waals surface area contributed by atoms with Gasteiger partial charge in [0.15, 0.2) is 0 Å². The zero-order chi connectivity index (χ0) is 16.2. The zero-order valence-electron chi connectivity index (χ0n) is 14.5. The lowest BCUT2D eigenvalue weighted by Crippen LogP contribution is -2.25. The minimum Gasteiger partial charge on any atom is -0.494 e. The van der Waals surface area contributed by atoms with E-state index in [2.05, 4.69) is 38.2 Å². The van der Waals surface area contributed by atoms with E-state index in [4.69, 9.17) is 4.74 Å². The van der Waals surface area contributed by atoms with Gasteiger partial charge in [0.05, 0.1) is 12.7 Å². The molecule has 0 saturated heterocycles. The molecule has 0 bridgehead atoms. The Morgan fingerprint density at radius 3 is 2.59 bits per heavy atom. The number of aliphatic hydroxyl groups is 1. The van der Waals surface area contributed by atoms with Crippen LogP contribution < -0.4 is 10.1 Å². The van der Waals surface area contributed by atoms with Crippen molar-refractivity contribution in [3.05, 3.63) is 24.3 Å². The molecule has 3 heteroatoms. The van der Waals surface area contributed by atoms with Gasteiger partial charge >= 0.3 is 0 Å². The van der Waals surface area contributed by atoms with Gasteiger partial charge in [-0.2, -0.15) is 0 Å². The van der Waals surface area contributed by atoms with Gasteiger partial charge in [0.2, 0.25) is 0 Å². The van der Waals surface area contributed by atoms with E-state index in [0.29, 0.717) is 6.04 Å². The Balaban J connectivity index is 2.62. The van der Waals surface area contributed by atoms with E-state index in [9.17, 15) is 5.11 Å². The van der Waals surface area contributed by atoms with Crippen LogP contribution in [-0.4, -0.2) is 23.9 Å². The number of rotatable bonds is 12. The lowest BCUT2D eigenvalue weighted by Gasteiger charge is -2.23. The van der Waals surface area contributed by atoms with Crippen LogP contribution in [0.25, 0.3) is 0 Å². The maximum atomic E-state index is 10.1. The molecule has 3 nitrogen and oxygen atoms in total. The molecule has 0 aromatic heterocycles. The van der Waals surface area contributed by atoms with Gasteiger partial charge in [-0.15, -0.1) is 0 Å². The van der Waals surface area contributed by atoms with Crippen LogP contribution in [0.15, 0.2) is 24.3 Å². The molecule has 2 atom stereocenters. The van der Waals surface area contributed by atoms with Gasteiger partial charge < -0.3 is 15.2 Å². The van der Waals surface area contributed by atoms with Crippen LogP contribution >= 0.6 is 0 Å². The molecule has 0 fully saturated rings. The molecule has 22 heavy (non-hydrogen) atoms. The summed E-state index contributed by atoms with van der Waals surface area (Å²) in [6, 6.07) is 8.47. The molecule has 2 unspecified atom stereocenters. The summed E-state index contributed by atoms with van der Waals surface area (Å²) in [5, 5.41) is 13.7. The number of unbranched alkanes of at least 4 members (excludes halogenated alkanes) is 1. The SMILES string of the molecule is CCCCC(CC(O)CCC)Nc1cccc(OCCC)c1. The second-order valence-electron chi connectivity index (χ2n) is 6.04. The van der Waals surface area contributed by atoms with Crippen LogP contribution in [0.2, 0.25) is 0 Å². The van der Waals surface area contributed by atoms with E-state index in [1.54, 1.807) is 0 Å². The number of benzene rings is 1. The fraction of sp³-hybridized carbons (Fsp3) is 0.684. The summed E-state index contributed by atoms with van der Waals surface area (Å²) in [4.78, 5) is 0. The second kappa shape index (κ2) is 11.4. The highest BCUT2D eigenvalue weighted by atomic mass is 16.5. The normalized spacial score (nSPS) is 13.6. The van der Waals surface area contributed by atoms with E-state index < -0.39 is 0 Å². The van der Waals surface area contributed by atoms with Gasteiger partial charge in [-0.05, 0) is 37.8 Å². The minimum atomic E-state index is -0.209. The van der Waals surface area contributed by atoms with Crippen LogP contribution in [-0.2, 0) is 0 Å². The molecule has 0 aliphatic heterocycles. The van der Waals surface area contributed by atoms with Crippen LogP contribution in [0.4, 0.5) is 5.69 Å². The first-order valence-corrected chi connectivity index (χ1v) is 8.87. The van der Waals surface area contributed by atoms with Crippen molar-refractivity contribution in [3.8, 4) is 5.75 Å². The first kappa shape index (κ1) is 18.8. The molecular formula is C19H33NO2. The predicted octanol–water partition coefficient (Wildman–Crippen LogP) is 5.00. The van der Waals surface area contributed by atoms with Crippen LogP contribution in [0, 0.1) is 0 Å². The molecule has 126 valence electrons. The molecule has 0 spiro atoms. The molecule has 1 rings (SSSR count). The van der Waals surface area contributed by atoms with Gasteiger partial charge in [0.25, 0.3) is 0 Å². The highest BCUT2D eigenvalue weighted by molar-refractivity contribution is 5.48. The summed E-state index contributed by atoms with van der Waals surface area (Å²) in [7, 11) is 0. The Bertz CT molecular complexity index is 395. The van der Waals surface area contributed by atoms with Crippen molar-refractivity contribution >= 4 is 5.69 Å². The quantitative estimate of drug-likeness (QED) is 0.571. The number of nitrogens with one attached hydrogen (secondary N) is 1. The third-order valence-corrected chi connectivity index (χ3v) is 3.76. The maximum absolute atomic E-state index is 10.1. The molecule has 0 aliphatic carbocycles. The number of hydrogen-bond acceptors (Lipinski definition) is 3. The van der Waals surface area contributed by atoms with Crippen LogP contribution in [0.3, 0.4) is 0 Å². The van der Waals surface area contributed by atoms with E-state index in [-0.39, 0.29) is 6.10 Å². The Labute approximate surface area is 136 Å². The summed E-state index contributed by atoms with van der Waals surface area (Å²) in [6.07, 6.45) is 6.99. The van der Waals surface area contributed by atoms with E-state index in [1.807, 2.05) is 12.1 Å². The highest BCUT2D eigenvalue weighted by Crippen LogP contribution is 2.21. The Hall–Kier alpha value is -1.22. The van der Waals surface area contributed by atoms with Gasteiger partial charge in [-0.1, -0.05) is 46.1 Å². The second-order valence-corrected chi connectivity index (χ2v) is 6.04. The molecule has 0 amide bonds. The number of hydrogen-bond donors (Lipinski definition) is 2. The van der Waals surface area contributed by atoms with Crippen molar-refractivity contribution in [2.75, 3.05) is 11.9 Å². The number of aliphatic hydroxyl groups excluding tert-OH is 1. The van der Waals surface area contributed by atoms with Crippen molar-refractivity contribution in [2.45, 2.75) is 77.9 Å². The Kier molecular flexibility index (Phi) is 9.72. The molecule has 2 N–H and O–H groups in total. The molecular weight excluding hydrogens is 274 g/mol. The molecule has 0 aliphatic rings. The van der Waals surface area contributed by atoms with E-state index in [0.717, 1.165) is 50.1 Å². The average molecular weight is 307 g/mol. The average Bonchev–Trinajstić information content (AvgIpc) is 2.51. The number of ether oxygens (including phenoxy) is 1. The fourth-order valence-electron chi connectivity index (χ4n) is 2.61. The van der Waals surface area contributed by atoms with E-state index >= 15 is 0 Å². The van der Waals surface area contributed by atoms with Gasteiger partial charge in [0, 0.05) is 17.8 Å². The molecule has 1 aromatic carbocycles. The summed E-state index contributed by atoms with van der Waals surface area (Å²) in [5.41, 5.74) is 1.08. The van der Waals surface area contributed by atoms with Gasteiger partial charge in [0.1, 0.15) is 5.75 Å². The molecule has 1 aromatic rings. The van der Waals surface area contributed by atoms with Gasteiger partial charge in [-0.25, -0.2) is 0 Å². The van der Waals surface area contributed by atoms with Crippen molar-refractivity contribution in [3.63, 3.8) is 0 Å². The van der Waals surface area contributed by atoms with Crippen LogP contribution in [0.5, 0.6) is 5.75 Å². The highest BCUT2D eigenvalue weighted by Gasteiger charge is 2.14. The zero-order valence-corrected chi connectivity index (χ0v) is 14.5. The van der Waals surface area contributed by atoms with E-state index in [1.165, 1.54) is 12.8 Å². The van der Waals surface area contributed by atoms with Crippen molar-refractivity contribution in [1.82, 2.24) is 0 Å². The topological polar surface area (TPSA) is 41.5 Å². The maximum Gasteiger partial charge on any atom is 0.121 e. The summed E-state index contributed by atoms with van der Waals surface area (Å²) >= 11 is 0. The molecule has 0 saturated carbocycles. The Morgan fingerprint density at radius 1 is 1.09 bits per heavy atom. The van der Waals surface area contributed by atoms with Crippen LogP contribution in [0.1, 0.15) is 65.7 Å². The summed E-state index contributed by atoms with van der Waals surface area (Å²) < 4.78 is 5.69. The molecule has 0 radical (unpaired) electrons. The first-order valence-electron chi connectivity index (χ1n) is 8.87. The monoisotopic (exact) mass is 307 g/mol. The smallest absolute Gasteiger partial charge is 0.121 e. The minimum absolute atomic E-state index is 0.209. The standard InChI is InChI=1S/C19H33NO2/c1-4-7-10-16(14-18(21)9-5-2)20-17-11-8-12-19(15-17)22-13-6-3/h8,11-12,15-16,18,20-21H,4-7,9-10,13-14H2,1-3H3. The first-order chi connectivity index (χ1) is 10.7. The summed E-state index contributed by atoms with van der Waals surface area (Å²) in [6.45, 7) is 7.18. The van der Waals surface area contributed by atoms with Crippen molar-refractivity contribution in [1.29, 1.82) is 0 Å². The number of anilines is 1. The lowest BCUT2D eigenvalue weighted by molar-refractivity contribution is 0.146. The van der Waals surface area contributed by atoms with Crippen molar-refractivity contribution < 1.29 is 9.84 Å². The Morgan fingerprint density at radius 2 is 1.91 bits per heavy atom.